The molecule has 92 valence electrons. The lowest BCUT2D eigenvalue weighted by molar-refractivity contribution is 0.189. The third kappa shape index (κ3) is 6.91. The summed E-state index contributed by atoms with van der Waals surface area (Å²) in [6.07, 6.45) is 3.79. The van der Waals surface area contributed by atoms with Gasteiger partial charge in [0, 0.05) is 12.1 Å². The summed E-state index contributed by atoms with van der Waals surface area (Å²) in [7, 11) is 0. The summed E-state index contributed by atoms with van der Waals surface area (Å²) in [4.78, 5) is 2.62. The molecule has 0 rings (SSSR count). The quantitative estimate of drug-likeness (QED) is 0.635. The maximum Gasteiger partial charge on any atom is 0.00816 e. The van der Waals surface area contributed by atoms with Crippen LogP contribution in [0.25, 0.3) is 0 Å². The molecule has 0 spiro atoms. The van der Waals surface area contributed by atoms with Gasteiger partial charge < -0.3 is 10.2 Å². The van der Waals surface area contributed by atoms with E-state index < -0.39 is 0 Å². The highest BCUT2D eigenvalue weighted by Crippen LogP contribution is 2.08. The zero-order valence-corrected chi connectivity index (χ0v) is 11.3. The normalized spacial score (nSPS) is 15.6. The van der Waals surface area contributed by atoms with Crippen LogP contribution in [0.4, 0.5) is 0 Å². The van der Waals surface area contributed by atoms with Crippen LogP contribution >= 0.6 is 0 Å². The topological polar surface area (TPSA) is 15.3 Å². The second-order valence-electron chi connectivity index (χ2n) is 4.58. The van der Waals surface area contributed by atoms with Crippen molar-refractivity contribution in [2.75, 3.05) is 19.6 Å². The van der Waals surface area contributed by atoms with Crippen molar-refractivity contribution in [3.63, 3.8) is 0 Å². The summed E-state index contributed by atoms with van der Waals surface area (Å²) >= 11 is 0. The molecule has 0 aromatic heterocycles. The van der Waals surface area contributed by atoms with Crippen LogP contribution in [0.15, 0.2) is 0 Å². The van der Waals surface area contributed by atoms with Crippen LogP contribution in [-0.2, 0) is 0 Å². The fourth-order valence-electron chi connectivity index (χ4n) is 2.22. The average molecular weight is 214 g/mol. The minimum atomic E-state index is 0.640. The molecule has 15 heavy (non-hydrogen) atoms. The standard InChI is InChI=1S/C13H30N2/c1-6-9-15(10-7-2)13(5)11-12(4)14-8-3/h12-14H,6-11H2,1-5H3. The van der Waals surface area contributed by atoms with Gasteiger partial charge in [-0.1, -0.05) is 20.8 Å². The van der Waals surface area contributed by atoms with Crippen molar-refractivity contribution in [1.82, 2.24) is 10.2 Å². The van der Waals surface area contributed by atoms with Gasteiger partial charge in [-0.05, 0) is 52.7 Å². The summed E-state index contributed by atoms with van der Waals surface area (Å²) in [6, 6.07) is 1.35. The highest BCUT2D eigenvalue weighted by Gasteiger charge is 2.14. The predicted octanol–water partition coefficient (Wildman–Crippen LogP) is 2.89. The van der Waals surface area contributed by atoms with E-state index in [2.05, 4.69) is 44.8 Å². The van der Waals surface area contributed by atoms with E-state index >= 15 is 0 Å². The molecule has 1 N–H and O–H groups in total. The summed E-state index contributed by atoms with van der Waals surface area (Å²) in [6.45, 7) is 14.9. The number of nitrogens with zero attached hydrogens (tertiary/aromatic N) is 1. The first-order valence-electron chi connectivity index (χ1n) is 6.63. The molecule has 2 nitrogen and oxygen atoms in total. The largest absolute Gasteiger partial charge is 0.314 e. The molecule has 0 saturated carbocycles. The Hall–Kier alpha value is -0.0800. The average Bonchev–Trinajstić information content (AvgIpc) is 2.17. The molecule has 0 heterocycles. The minimum absolute atomic E-state index is 0.640. The van der Waals surface area contributed by atoms with E-state index in [1.54, 1.807) is 0 Å². The zero-order chi connectivity index (χ0) is 11.7. The van der Waals surface area contributed by atoms with Gasteiger partial charge in [-0.15, -0.1) is 0 Å². The van der Waals surface area contributed by atoms with E-state index in [-0.39, 0.29) is 0 Å². The fourth-order valence-corrected chi connectivity index (χ4v) is 2.22. The van der Waals surface area contributed by atoms with E-state index in [0.29, 0.717) is 12.1 Å². The smallest absolute Gasteiger partial charge is 0.00816 e. The van der Waals surface area contributed by atoms with Crippen LogP contribution in [0.1, 0.15) is 53.9 Å². The molecule has 0 aromatic carbocycles. The highest BCUT2D eigenvalue weighted by molar-refractivity contribution is 4.72. The third-order valence-electron chi connectivity index (χ3n) is 2.89. The van der Waals surface area contributed by atoms with Crippen LogP contribution in [-0.4, -0.2) is 36.6 Å². The second kappa shape index (κ2) is 9.17. The van der Waals surface area contributed by atoms with Crippen molar-refractivity contribution in [3.8, 4) is 0 Å². The molecule has 0 fully saturated rings. The molecule has 0 aromatic rings. The Bertz CT molecular complexity index is 130. The predicted molar refractivity (Wildman–Crippen MR) is 69.4 cm³/mol. The van der Waals surface area contributed by atoms with E-state index in [1.807, 2.05) is 0 Å². The lowest BCUT2D eigenvalue weighted by Crippen LogP contribution is -2.39. The number of rotatable bonds is 9. The molecular weight excluding hydrogens is 184 g/mol. The van der Waals surface area contributed by atoms with Crippen molar-refractivity contribution in [3.05, 3.63) is 0 Å². The summed E-state index contributed by atoms with van der Waals surface area (Å²) in [5.41, 5.74) is 0. The highest BCUT2D eigenvalue weighted by atomic mass is 15.1. The third-order valence-corrected chi connectivity index (χ3v) is 2.89. The minimum Gasteiger partial charge on any atom is -0.314 e. The van der Waals surface area contributed by atoms with E-state index in [0.717, 1.165) is 6.54 Å². The Balaban J connectivity index is 3.93. The Kier molecular flexibility index (Phi) is 9.12. The van der Waals surface area contributed by atoms with Crippen molar-refractivity contribution in [2.24, 2.45) is 0 Å². The zero-order valence-electron chi connectivity index (χ0n) is 11.3. The maximum atomic E-state index is 3.49. The van der Waals surface area contributed by atoms with Gasteiger partial charge in [-0.25, -0.2) is 0 Å². The first-order valence-corrected chi connectivity index (χ1v) is 6.63. The van der Waals surface area contributed by atoms with Crippen molar-refractivity contribution < 1.29 is 0 Å². The van der Waals surface area contributed by atoms with Gasteiger partial charge >= 0.3 is 0 Å². The van der Waals surface area contributed by atoms with Gasteiger partial charge in [-0.2, -0.15) is 0 Å². The molecule has 2 unspecified atom stereocenters. The van der Waals surface area contributed by atoms with Gasteiger partial charge in [0.25, 0.3) is 0 Å². The molecule has 0 bridgehead atoms. The first-order chi connectivity index (χ1) is 7.15. The summed E-state index contributed by atoms with van der Waals surface area (Å²) < 4.78 is 0. The number of nitrogens with one attached hydrogen (secondary N) is 1. The molecule has 0 aliphatic carbocycles. The van der Waals surface area contributed by atoms with Crippen LogP contribution < -0.4 is 5.32 Å². The molecule has 0 aliphatic rings. The monoisotopic (exact) mass is 214 g/mol. The molecule has 2 atom stereocenters. The molecule has 0 amide bonds. The lowest BCUT2D eigenvalue weighted by Gasteiger charge is -2.30. The molecule has 0 aliphatic heterocycles. The Morgan fingerprint density at radius 1 is 1.00 bits per heavy atom. The molecule has 2 heteroatoms. The molecule has 0 saturated heterocycles. The van der Waals surface area contributed by atoms with Crippen molar-refractivity contribution in [1.29, 1.82) is 0 Å². The Labute approximate surface area is 96.4 Å². The number of hydrogen-bond acceptors (Lipinski definition) is 2. The van der Waals surface area contributed by atoms with Gasteiger partial charge in [0.1, 0.15) is 0 Å². The molecule has 0 radical (unpaired) electrons. The SMILES string of the molecule is CCCN(CCC)C(C)CC(C)NCC. The Morgan fingerprint density at radius 3 is 1.93 bits per heavy atom. The first kappa shape index (κ1) is 14.9. The molecular formula is C13H30N2. The number of hydrogen-bond donors (Lipinski definition) is 1. The lowest BCUT2D eigenvalue weighted by atomic mass is 10.1. The summed E-state index contributed by atoms with van der Waals surface area (Å²) in [5, 5.41) is 3.49. The van der Waals surface area contributed by atoms with Gasteiger partial charge in [-0.3, -0.25) is 0 Å². The van der Waals surface area contributed by atoms with Crippen LogP contribution in [0.2, 0.25) is 0 Å². The van der Waals surface area contributed by atoms with Crippen molar-refractivity contribution >= 4 is 0 Å². The van der Waals surface area contributed by atoms with Gasteiger partial charge in [0.2, 0.25) is 0 Å². The second-order valence-corrected chi connectivity index (χ2v) is 4.58. The van der Waals surface area contributed by atoms with Crippen LogP contribution in [0, 0.1) is 0 Å². The Morgan fingerprint density at radius 2 is 1.53 bits per heavy atom. The van der Waals surface area contributed by atoms with E-state index in [4.69, 9.17) is 0 Å². The van der Waals surface area contributed by atoms with E-state index in [9.17, 15) is 0 Å². The maximum absolute atomic E-state index is 3.49. The van der Waals surface area contributed by atoms with Crippen LogP contribution in [0.5, 0.6) is 0 Å². The van der Waals surface area contributed by atoms with Gasteiger partial charge in [0.15, 0.2) is 0 Å². The summed E-state index contributed by atoms with van der Waals surface area (Å²) in [5.74, 6) is 0. The van der Waals surface area contributed by atoms with Crippen molar-refractivity contribution in [2.45, 2.75) is 66.0 Å². The fraction of sp³-hybridized carbons (Fsp3) is 1.00. The van der Waals surface area contributed by atoms with E-state index in [1.165, 1.54) is 32.4 Å². The van der Waals surface area contributed by atoms with Crippen LogP contribution in [0.3, 0.4) is 0 Å². The van der Waals surface area contributed by atoms with Gasteiger partial charge in [0.05, 0.1) is 0 Å².